The normalized spacial score (nSPS) is 12.1. The highest BCUT2D eigenvalue weighted by molar-refractivity contribution is 5.94. The maximum atomic E-state index is 12.4. The van der Waals surface area contributed by atoms with Crippen LogP contribution in [0, 0.1) is 20.8 Å². The molecule has 0 aliphatic rings. The van der Waals surface area contributed by atoms with Crippen LogP contribution in [0.3, 0.4) is 0 Å². The van der Waals surface area contributed by atoms with Crippen LogP contribution in [0.2, 0.25) is 0 Å². The Morgan fingerprint density at radius 3 is 2.29 bits per heavy atom. The van der Waals surface area contributed by atoms with Crippen LogP contribution >= 0.6 is 0 Å². The molecule has 1 unspecified atom stereocenters. The molecular weight excluding hydrogens is 298 g/mol. The Labute approximate surface area is 145 Å². The van der Waals surface area contributed by atoms with E-state index in [0.717, 1.165) is 22.6 Å². The highest BCUT2D eigenvalue weighted by Crippen LogP contribution is 2.24. The van der Waals surface area contributed by atoms with Gasteiger partial charge in [0, 0.05) is 5.69 Å². The summed E-state index contributed by atoms with van der Waals surface area (Å²) in [4.78, 5) is 12.4. The minimum Gasteiger partial charge on any atom is -0.481 e. The van der Waals surface area contributed by atoms with Gasteiger partial charge in [-0.25, -0.2) is 0 Å². The van der Waals surface area contributed by atoms with E-state index in [0.29, 0.717) is 5.92 Å². The van der Waals surface area contributed by atoms with Crippen LogP contribution in [0.4, 0.5) is 5.69 Å². The molecule has 0 fully saturated rings. The summed E-state index contributed by atoms with van der Waals surface area (Å²) in [6.45, 7) is 12.2. The molecule has 0 spiro atoms. The molecule has 1 atom stereocenters. The minimum atomic E-state index is -0.561. The predicted octanol–water partition coefficient (Wildman–Crippen LogP) is 5.14. The number of amides is 1. The number of aryl methyl sites for hydroxylation is 3. The second-order valence-electron chi connectivity index (χ2n) is 6.74. The van der Waals surface area contributed by atoms with Crippen LogP contribution in [0.15, 0.2) is 36.4 Å². The molecule has 1 N–H and O–H groups in total. The van der Waals surface area contributed by atoms with Crippen molar-refractivity contribution in [3.05, 3.63) is 58.7 Å². The quantitative estimate of drug-likeness (QED) is 0.826. The van der Waals surface area contributed by atoms with Crippen molar-refractivity contribution in [3.63, 3.8) is 0 Å². The van der Waals surface area contributed by atoms with Crippen LogP contribution in [0.1, 0.15) is 48.9 Å². The number of hydrogen-bond donors (Lipinski definition) is 1. The standard InChI is InChI=1S/C21H27NO2/c1-13(2)19-10-9-18(12-16(19)5)24-17(6)21(23)22-20-11-14(3)7-8-15(20)4/h7-13,17H,1-6H3,(H,22,23). The molecule has 1 amide bonds. The van der Waals surface area contributed by atoms with Gasteiger partial charge in [0.2, 0.25) is 0 Å². The third kappa shape index (κ3) is 4.38. The van der Waals surface area contributed by atoms with Gasteiger partial charge in [-0.2, -0.15) is 0 Å². The number of anilines is 1. The molecule has 24 heavy (non-hydrogen) atoms. The lowest BCUT2D eigenvalue weighted by Crippen LogP contribution is -2.30. The van der Waals surface area contributed by atoms with E-state index in [1.54, 1.807) is 6.92 Å². The van der Waals surface area contributed by atoms with Gasteiger partial charge in [-0.15, -0.1) is 0 Å². The Morgan fingerprint density at radius 1 is 0.958 bits per heavy atom. The van der Waals surface area contributed by atoms with E-state index < -0.39 is 6.10 Å². The topological polar surface area (TPSA) is 38.3 Å². The summed E-state index contributed by atoms with van der Waals surface area (Å²) >= 11 is 0. The summed E-state index contributed by atoms with van der Waals surface area (Å²) in [6, 6.07) is 12.0. The van der Waals surface area contributed by atoms with Crippen molar-refractivity contribution in [3.8, 4) is 5.75 Å². The zero-order chi connectivity index (χ0) is 17.9. The first-order valence-corrected chi connectivity index (χ1v) is 8.43. The fourth-order valence-corrected chi connectivity index (χ4v) is 2.73. The first-order valence-electron chi connectivity index (χ1n) is 8.43. The van der Waals surface area contributed by atoms with E-state index in [9.17, 15) is 4.79 Å². The van der Waals surface area contributed by atoms with Gasteiger partial charge in [0.05, 0.1) is 0 Å². The molecule has 2 aromatic rings. The highest BCUT2D eigenvalue weighted by Gasteiger charge is 2.16. The van der Waals surface area contributed by atoms with Crippen LogP contribution < -0.4 is 10.1 Å². The summed E-state index contributed by atoms with van der Waals surface area (Å²) in [5.74, 6) is 1.05. The molecular formula is C21H27NO2. The molecule has 0 aromatic heterocycles. The fourth-order valence-electron chi connectivity index (χ4n) is 2.73. The molecule has 0 saturated heterocycles. The second kappa shape index (κ2) is 7.52. The number of hydrogen-bond acceptors (Lipinski definition) is 2. The molecule has 2 rings (SSSR count). The molecule has 2 aromatic carbocycles. The second-order valence-corrected chi connectivity index (χ2v) is 6.74. The van der Waals surface area contributed by atoms with Crippen LogP contribution in [-0.4, -0.2) is 12.0 Å². The van der Waals surface area contributed by atoms with Crippen molar-refractivity contribution in [2.24, 2.45) is 0 Å². The van der Waals surface area contributed by atoms with Gasteiger partial charge >= 0.3 is 0 Å². The minimum absolute atomic E-state index is 0.144. The Hall–Kier alpha value is -2.29. The maximum absolute atomic E-state index is 12.4. The molecule has 3 heteroatoms. The van der Waals surface area contributed by atoms with Gasteiger partial charge in [-0.05, 0) is 74.1 Å². The van der Waals surface area contributed by atoms with Crippen molar-refractivity contribution in [2.45, 2.75) is 53.6 Å². The molecule has 3 nitrogen and oxygen atoms in total. The monoisotopic (exact) mass is 325 g/mol. The molecule has 0 aliphatic carbocycles. The van der Waals surface area contributed by atoms with Gasteiger partial charge in [-0.1, -0.05) is 32.0 Å². The number of carbonyl (C=O) groups is 1. The van der Waals surface area contributed by atoms with Gasteiger partial charge in [0.1, 0.15) is 5.75 Å². The number of rotatable bonds is 5. The fraction of sp³-hybridized carbons (Fsp3) is 0.381. The molecule has 0 saturated carbocycles. The Bertz CT molecular complexity index is 735. The first kappa shape index (κ1) is 18.1. The lowest BCUT2D eigenvalue weighted by molar-refractivity contribution is -0.122. The van der Waals surface area contributed by atoms with Gasteiger partial charge < -0.3 is 10.1 Å². The van der Waals surface area contributed by atoms with Crippen molar-refractivity contribution >= 4 is 11.6 Å². The number of carbonyl (C=O) groups excluding carboxylic acids is 1. The van der Waals surface area contributed by atoms with Crippen molar-refractivity contribution < 1.29 is 9.53 Å². The van der Waals surface area contributed by atoms with Gasteiger partial charge in [0.15, 0.2) is 6.10 Å². The third-order valence-corrected chi connectivity index (χ3v) is 4.20. The average molecular weight is 325 g/mol. The Morgan fingerprint density at radius 2 is 1.67 bits per heavy atom. The average Bonchev–Trinajstić information content (AvgIpc) is 2.50. The lowest BCUT2D eigenvalue weighted by Gasteiger charge is -2.17. The highest BCUT2D eigenvalue weighted by atomic mass is 16.5. The third-order valence-electron chi connectivity index (χ3n) is 4.20. The number of benzene rings is 2. The van der Waals surface area contributed by atoms with Crippen molar-refractivity contribution in [1.29, 1.82) is 0 Å². The molecule has 0 radical (unpaired) electrons. The number of nitrogens with one attached hydrogen (secondary N) is 1. The summed E-state index contributed by atoms with van der Waals surface area (Å²) in [7, 11) is 0. The van der Waals surface area contributed by atoms with E-state index in [2.05, 4.69) is 32.2 Å². The van der Waals surface area contributed by atoms with Gasteiger partial charge in [-0.3, -0.25) is 4.79 Å². The molecule has 0 bridgehead atoms. The van der Waals surface area contributed by atoms with E-state index in [4.69, 9.17) is 4.74 Å². The first-order chi connectivity index (χ1) is 11.3. The smallest absolute Gasteiger partial charge is 0.265 e. The van der Waals surface area contributed by atoms with E-state index >= 15 is 0 Å². The summed E-state index contributed by atoms with van der Waals surface area (Å²) < 4.78 is 5.82. The van der Waals surface area contributed by atoms with Crippen molar-refractivity contribution in [2.75, 3.05) is 5.32 Å². The molecule has 0 aliphatic heterocycles. The largest absolute Gasteiger partial charge is 0.481 e. The van der Waals surface area contributed by atoms with E-state index in [-0.39, 0.29) is 5.91 Å². The van der Waals surface area contributed by atoms with Crippen LogP contribution in [0.25, 0.3) is 0 Å². The summed E-state index contributed by atoms with van der Waals surface area (Å²) in [5.41, 5.74) is 5.48. The summed E-state index contributed by atoms with van der Waals surface area (Å²) in [6.07, 6.45) is -0.561. The van der Waals surface area contributed by atoms with Gasteiger partial charge in [0.25, 0.3) is 5.91 Å². The number of ether oxygens (including phenoxy) is 1. The summed E-state index contributed by atoms with van der Waals surface area (Å²) in [5, 5.41) is 2.95. The zero-order valence-corrected chi connectivity index (χ0v) is 15.4. The van der Waals surface area contributed by atoms with E-state index in [1.165, 1.54) is 11.1 Å². The lowest BCUT2D eigenvalue weighted by atomic mass is 9.98. The predicted molar refractivity (Wildman–Crippen MR) is 99.9 cm³/mol. The van der Waals surface area contributed by atoms with E-state index in [1.807, 2.05) is 44.2 Å². The molecule has 128 valence electrons. The van der Waals surface area contributed by atoms with Crippen LogP contribution in [-0.2, 0) is 4.79 Å². The van der Waals surface area contributed by atoms with Crippen LogP contribution in [0.5, 0.6) is 5.75 Å². The SMILES string of the molecule is Cc1ccc(C)c(NC(=O)C(C)Oc2ccc(C(C)C)c(C)c2)c1. The zero-order valence-electron chi connectivity index (χ0n) is 15.4. The Kier molecular flexibility index (Phi) is 5.66. The Balaban J connectivity index is 2.06. The van der Waals surface area contributed by atoms with Crippen molar-refractivity contribution in [1.82, 2.24) is 0 Å². The molecule has 0 heterocycles. The maximum Gasteiger partial charge on any atom is 0.265 e.